The van der Waals surface area contributed by atoms with Crippen LogP contribution in [0.5, 0.6) is 0 Å². The smallest absolute Gasteiger partial charge is 0.417 e. The van der Waals surface area contributed by atoms with Crippen LogP contribution >= 0.6 is 0 Å². The molecule has 0 bridgehead atoms. The predicted molar refractivity (Wildman–Crippen MR) is 113 cm³/mol. The van der Waals surface area contributed by atoms with E-state index in [0.29, 0.717) is 26.1 Å². The van der Waals surface area contributed by atoms with Gasteiger partial charge in [-0.2, -0.15) is 0 Å². The summed E-state index contributed by atoms with van der Waals surface area (Å²) in [6.45, 7) is 4.50. The van der Waals surface area contributed by atoms with E-state index in [0.717, 1.165) is 11.1 Å². The molecule has 1 saturated heterocycles. The summed E-state index contributed by atoms with van der Waals surface area (Å²) in [4.78, 5) is 26.0. The first kappa shape index (κ1) is 21.7. The van der Waals surface area contributed by atoms with Gasteiger partial charge in [-0.3, -0.25) is 4.79 Å². The molecule has 0 saturated carbocycles. The fourth-order valence-electron chi connectivity index (χ4n) is 3.31. The van der Waals surface area contributed by atoms with Gasteiger partial charge < -0.3 is 14.2 Å². The summed E-state index contributed by atoms with van der Waals surface area (Å²) < 4.78 is 16.6. The number of carbonyl (C=O) groups excluding carboxylic acids is 2. The molecule has 6 heteroatoms. The average molecular weight is 409 g/mol. The van der Waals surface area contributed by atoms with Crippen LogP contribution in [0.25, 0.3) is 0 Å². The molecule has 1 aliphatic heterocycles. The number of ether oxygens (including phenoxy) is 3. The highest BCUT2D eigenvalue weighted by Gasteiger charge is 2.38. The number of benzene rings is 2. The number of cyclic esters (lactones) is 1. The summed E-state index contributed by atoms with van der Waals surface area (Å²) in [6.07, 6.45) is 1.88. The Morgan fingerprint density at radius 1 is 1.13 bits per heavy atom. The van der Waals surface area contributed by atoms with E-state index in [2.05, 4.69) is 6.58 Å². The Labute approximate surface area is 177 Å². The van der Waals surface area contributed by atoms with E-state index < -0.39 is 12.0 Å². The molecule has 0 unspecified atom stereocenters. The molecular formula is C24H27NO5. The monoisotopic (exact) mass is 409 g/mol. The van der Waals surface area contributed by atoms with E-state index in [-0.39, 0.29) is 25.4 Å². The minimum atomic E-state index is -0.620. The first-order valence-corrected chi connectivity index (χ1v) is 10.0. The fourth-order valence-corrected chi connectivity index (χ4v) is 3.31. The number of hydrogen-bond acceptors (Lipinski definition) is 5. The SMILES string of the molecule is C=CC[C@H](COCc1ccccc1)OCC(=O)N1C(=O)OC[C@@H]1Cc1ccccc1. The van der Waals surface area contributed by atoms with Crippen LogP contribution in [0.15, 0.2) is 73.3 Å². The van der Waals surface area contributed by atoms with Crippen molar-refractivity contribution in [3.05, 3.63) is 84.4 Å². The molecule has 3 rings (SSSR count). The maximum absolute atomic E-state index is 12.7. The lowest BCUT2D eigenvalue weighted by Gasteiger charge is -2.22. The van der Waals surface area contributed by atoms with Crippen molar-refractivity contribution in [2.24, 2.45) is 0 Å². The topological polar surface area (TPSA) is 65.1 Å². The van der Waals surface area contributed by atoms with Crippen molar-refractivity contribution < 1.29 is 23.8 Å². The van der Waals surface area contributed by atoms with Gasteiger partial charge in [0.05, 0.1) is 25.4 Å². The van der Waals surface area contributed by atoms with Gasteiger partial charge in [0.2, 0.25) is 0 Å². The van der Waals surface area contributed by atoms with Gasteiger partial charge in [0.1, 0.15) is 13.2 Å². The summed E-state index contributed by atoms with van der Waals surface area (Å²) in [6, 6.07) is 19.2. The Bertz CT molecular complexity index is 824. The van der Waals surface area contributed by atoms with Crippen LogP contribution in [0.4, 0.5) is 4.79 Å². The molecule has 0 radical (unpaired) electrons. The zero-order valence-electron chi connectivity index (χ0n) is 16.9. The summed E-state index contributed by atoms with van der Waals surface area (Å²) >= 11 is 0. The van der Waals surface area contributed by atoms with Crippen LogP contribution in [0.2, 0.25) is 0 Å². The van der Waals surface area contributed by atoms with Crippen LogP contribution in [-0.4, -0.2) is 48.9 Å². The molecule has 1 fully saturated rings. The van der Waals surface area contributed by atoms with E-state index in [9.17, 15) is 9.59 Å². The summed E-state index contributed by atoms with van der Waals surface area (Å²) in [5.74, 6) is -0.407. The van der Waals surface area contributed by atoms with E-state index in [4.69, 9.17) is 14.2 Å². The van der Waals surface area contributed by atoms with Crippen molar-refractivity contribution in [1.29, 1.82) is 0 Å². The quantitative estimate of drug-likeness (QED) is 0.529. The maximum atomic E-state index is 12.7. The van der Waals surface area contributed by atoms with E-state index >= 15 is 0 Å². The molecule has 0 aromatic heterocycles. The third-order valence-electron chi connectivity index (χ3n) is 4.83. The second kappa shape index (κ2) is 11.3. The van der Waals surface area contributed by atoms with Crippen molar-refractivity contribution in [2.45, 2.75) is 31.6 Å². The molecule has 1 aliphatic rings. The first-order valence-electron chi connectivity index (χ1n) is 10.0. The Hall–Kier alpha value is -2.96. The first-order chi connectivity index (χ1) is 14.7. The number of nitrogens with zero attached hydrogens (tertiary/aromatic N) is 1. The van der Waals surface area contributed by atoms with Crippen LogP contribution in [0, 0.1) is 0 Å². The molecule has 2 amide bonds. The van der Waals surface area contributed by atoms with Gasteiger partial charge in [0.25, 0.3) is 5.91 Å². The zero-order chi connectivity index (χ0) is 21.2. The zero-order valence-corrected chi connectivity index (χ0v) is 16.9. The minimum absolute atomic E-state index is 0.190. The summed E-state index contributed by atoms with van der Waals surface area (Å²) in [5.41, 5.74) is 2.10. The third-order valence-corrected chi connectivity index (χ3v) is 4.83. The molecule has 0 N–H and O–H groups in total. The molecular weight excluding hydrogens is 382 g/mol. The van der Waals surface area contributed by atoms with Crippen LogP contribution < -0.4 is 0 Å². The third kappa shape index (κ3) is 6.27. The molecule has 2 aromatic rings. The Balaban J connectivity index is 1.50. The highest BCUT2D eigenvalue weighted by atomic mass is 16.6. The Kier molecular flexibility index (Phi) is 8.18. The molecule has 158 valence electrons. The Morgan fingerprint density at radius 3 is 2.47 bits per heavy atom. The highest BCUT2D eigenvalue weighted by Crippen LogP contribution is 2.18. The van der Waals surface area contributed by atoms with Gasteiger partial charge in [-0.25, -0.2) is 9.69 Å². The molecule has 30 heavy (non-hydrogen) atoms. The predicted octanol–water partition coefficient (Wildman–Crippen LogP) is 3.75. The molecule has 6 nitrogen and oxygen atoms in total. The van der Waals surface area contributed by atoms with Gasteiger partial charge in [0.15, 0.2) is 0 Å². The molecule has 2 aromatic carbocycles. The average Bonchev–Trinajstić information content (AvgIpc) is 3.13. The van der Waals surface area contributed by atoms with Crippen LogP contribution in [-0.2, 0) is 32.0 Å². The van der Waals surface area contributed by atoms with Crippen molar-refractivity contribution in [3.63, 3.8) is 0 Å². The van der Waals surface area contributed by atoms with Gasteiger partial charge in [-0.1, -0.05) is 66.7 Å². The summed E-state index contributed by atoms with van der Waals surface area (Å²) in [7, 11) is 0. The number of amides is 2. The van der Waals surface area contributed by atoms with E-state index in [1.54, 1.807) is 6.08 Å². The van der Waals surface area contributed by atoms with Crippen LogP contribution in [0.1, 0.15) is 17.5 Å². The van der Waals surface area contributed by atoms with Gasteiger partial charge >= 0.3 is 6.09 Å². The van der Waals surface area contributed by atoms with E-state index in [1.807, 2.05) is 60.7 Å². The van der Waals surface area contributed by atoms with E-state index in [1.165, 1.54) is 4.90 Å². The molecule has 0 aliphatic carbocycles. The molecule has 0 spiro atoms. The van der Waals surface area contributed by atoms with Gasteiger partial charge in [-0.05, 0) is 24.0 Å². The second-order valence-electron chi connectivity index (χ2n) is 7.14. The highest BCUT2D eigenvalue weighted by molar-refractivity contribution is 5.94. The molecule has 2 atom stereocenters. The molecule has 1 heterocycles. The number of carbonyl (C=O) groups is 2. The van der Waals surface area contributed by atoms with Crippen molar-refractivity contribution in [2.75, 3.05) is 19.8 Å². The minimum Gasteiger partial charge on any atom is -0.447 e. The Morgan fingerprint density at radius 2 is 1.80 bits per heavy atom. The van der Waals surface area contributed by atoms with Crippen molar-refractivity contribution >= 4 is 12.0 Å². The lowest BCUT2D eigenvalue weighted by molar-refractivity contribution is -0.137. The maximum Gasteiger partial charge on any atom is 0.417 e. The van der Waals surface area contributed by atoms with Crippen LogP contribution in [0.3, 0.4) is 0 Å². The van der Waals surface area contributed by atoms with Gasteiger partial charge in [0, 0.05) is 0 Å². The van der Waals surface area contributed by atoms with Gasteiger partial charge in [-0.15, -0.1) is 6.58 Å². The fraction of sp³-hybridized carbons (Fsp3) is 0.333. The number of hydrogen-bond donors (Lipinski definition) is 0. The van der Waals surface area contributed by atoms with Crippen molar-refractivity contribution in [3.8, 4) is 0 Å². The number of rotatable bonds is 11. The largest absolute Gasteiger partial charge is 0.447 e. The normalized spacial score (nSPS) is 16.9. The summed E-state index contributed by atoms with van der Waals surface area (Å²) in [5, 5.41) is 0. The number of imide groups is 1. The lowest BCUT2D eigenvalue weighted by Crippen LogP contribution is -2.43. The lowest BCUT2D eigenvalue weighted by atomic mass is 10.1. The second-order valence-corrected chi connectivity index (χ2v) is 7.14. The standard InChI is InChI=1S/C24H27NO5/c1-2-9-22(17-28-15-20-12-7-4-8-13-20)29-18-23(26)25-21(16-30-24(25)27)14-19-10-5-3-6-11-19/h2-8,10-13,21-22H,1,9,14-18H2/t21-,22+/m0/s1. The van der Waals surface area contributed by atoms with Crippen molar-refractivity contribution in [1.82, 2.24) is 4.90 Å².